The maximum absolute atomic E-state index is 5.63. The molecule has 1 aliphatic rings. The SMILES string of the molecule is COC1(C)CCCN(CCCNc2ccccc2)C1. The molecule has 0 amide bonds. The van der Waals surface area contributed by atoms with Gasteiger partial charge in [-0.05, 0) is 51.4 Å². The van der Waals surface area contributed by atoms with E-state index < -0.39 is 0 Å². The number of methoxy groups -OCH3 is 1. The molecule has 1 fully saturated rings. The fourth-order valence-electron chi connectivity index (χ4n) is 2.76. The second-order valence-corrected chi connectivity index (χ2v) is 5.68. The molecular formula is C16H26N2O. The third kappa shape index (κ3) is 4.51. The summed E-state index contributed by atoms with van der Waals surface area (Å²) >= 11 is 0. The summed E-state index contributed by atoms with van der Waals surface area (Å²) in [7, 11) is 1.83. The first kappa shape index (κ1) is 14.4. The molecule has 3 heteroatoms. The fourth-order valence-corrected chi connectivity index (χ4v) is 2.76. The van der Waals surface area contributed by atoms with Gasteiger partial charge in [-0.25, -0.2) is 0 Å². The number of nitrogens with zero attached hydrogens (tertiary/aromatic N) is 1. The van der Waals surface area contributed by atoms with E-state index in [-0.39, 0.29) is 5.60 Å². The Labute approximate surface area is 116 Å². The second kappa shape index (κ2) is 6.92. The molecule has 1 atom stereocenters. The van der Waals surface area contributed by atoms with E-state index in [0.29, 0.717) is 0 Å². The molecule has 1 aliphatic heterocycles. The average molecular weight is 262 g/mol. The largest absolute Gasteiger partial charge is 0.385 e. The van der Waals surface area contributed by atoms with E-state index in [1.165, 1.54) is 31.5 Å². The van der Waals surface area contributed by atoms with Crippen molar-refractivity contribution < 1.29 is 4.74 Å². The minimum atomic E-state index is 0.0606. The topological polar surface area (TPSA) is 24.5 Å². The molecule has 1 heterocycles. The van der Waals surface area contributed by atoms with Crippen molar-refractivity contribution in [3.63, 3.8) is 0 Å². The van der Waals surface area contributed by atoms with Crippen LogP contribution in [0, 0.1) is 0 Å². The second-order valence-electron chi connectivity index (χ2n) is 5.68. The summed E-state index contributed by atoms with van der Waals surface area (Å²) in [6.07, 6.45) is 3.60. The quantitative estimate of drug-likeness (QED) is 0.798. The summed E-state index contributed by atoms with van der Waals surface area (Å²) in [5.74, 6) is 0. The van der Waals surface area contributed by atoms with Crippen LogP contribution in [0.25, 0.3) is 0 Å². The standard InChI is InChI=1S/C16H26N2O/c1-16(19-2)10-6-12-18(14-16)13-7-11-17-15-8-4-3-5-9-15/h3-5,8-9,17H,6-7,10-14H2,1-2H3. The number of para-hydroxylation sites is 1. The van der Waals surface area contributed by atoms with Crippen molar-refractivity contribution in [2.45, 2.75) is 31.8 Å². The van der Waals surface area contributed by atoms with Crippen LogP contribution < -0.4 is 5.32 Å². The zero-order valence-electron chi connectivity index (χ0n) is 12.2. The first-order chi connectivity index (χ1) is 9.22. The average Bonchev–Trinajstić information content (AvgIpc) is 2.45. The molecule has 0 spiro atoms. The molecule has 3 nitrogen and oxygen atoms in total. The van der Waals surface area contributed by atoms with Gasteiger partial charge in [0.2, 0.25) is 0 Å². The Morgan fingerprint density at radius 2 is 2.11 bits per heavy atom. The van der Waals surface area contributed by atoms with Gasteiger partial charge in [0.25, 0.3) is 0 Å². The highest BCUT2D eigenvalue weighted by Gasteiger charge is 2.30. The predicted octanol–water partition coefficient (Wildman–Crippen LogP) is 2.99. The Kier molecular flexibility index (Phi) is 5.23. The van der Waals surface area contributed by atoms with E-state index in [9.17, 15) is 0 Å². The van der Waals surface area contributed by atoms with Crippen molar-refractivity contribution in [1.29, 1.82) is 0 Å². The van der Waals surface area contributed by atoms with Gasteiger partial charge in [0, 0.05) is 25.9 Å². The number of hydrogen-bond donors (Lipinski definition) is 1. The van der Waals surface area contributed by atoms with E-state index in [1.54, 1.807) is 0 Å². The van der Waals surface area contributed by atoms with E-state index in [2.05, 4.69) is 41.4 Å². The molecule has 19 heavy (non-hydrogen) atoms. The lowest BCUT2D eigenvalue weighted by molar-refractivity contribution is -0.0505. The maximum atomic E-state index is 5.63. The molecule has 2 rings (SSSR count). The molecule has 0 saturated carbocycles. The monoisotopic (exact) mass is 262 g/mol. The van der Waals surface area contributed by atoms with Crippen molar-refractivity contribution >= 4 is 5.69 Å². The van der Waals surface area contributed by atoms with Crippen molar-refractivity contribution in [3.05, 3.63) is 30.3 Å². The zero-order valence-corrected chi connectivity index (χ0v) is 12.2. The molecule has 0 aliphatic carbocycles. The Morgan fingerprint density at radius 3 is 2.84 bits per heavy atom. The lowest BCUT2D eigenvalue weighted by atomic mass is 9.95. The summed E-state index contributed by atoms with van der Waals surface area (Å²) in [5, 5.41) is 3.46. The first-order valence-corrected chi connectivity index (χ1v) is 7.28. The van der Waals surface area contributed by atoms with Gasteiger partial charge >= 0.3 is 0 Å². The molecule has 0 bridgehead atoms. The molecule has 0 radical (unpaired) electrons. The van der Waals surface area contributed by atoms with Gasteiger partial charge in [-0.1, -0.05) is 18.2 Å². The van der Waals surface area contributed by atoms with Crippen molar-refractivity contribution in [3.8, 4) is 0 Å². The predicted molar refractivity (Wildman–Crippen MR) is 80.6 cm³/mol. The van der Waals surface area contributed by atoms with E-state index in [4.69, 9.17) is 4.74 Å². The van der Waals surface area contributed by atoms with Gasteiger partial charge in [-0.3, -0.25) is 0 Å². The normalized spacial score (nSPS) is 24.3. The van der Waals surface area contributed by atoms with E-state index in [0.717, 1.165) is 19.6 Å². The van der Waals surface area contributed by atoms with Crippen LogP contribution in [-0.2, 0) is 4.74 Å². The Morgan fingerprint density at radius 1 is 1.32 bits per heavy atom. The highest BCUT2D eigenvalue weighted by atomic mass is 16.5. The van der Waals surface area contributed by atoms with Crippen LogP contribution in [0.1, 0.15) is 26.2 Å². The minimum absolute atomic E-state index is 0.0606. The first-order valence-electron chi connectivity index (χ1n) is 7.28. The number of likely N-dealkylation sites (tertiary alicyclic amines) is 1. The van der Waals surface area contributed by atoms with Gasteiger partial charge in [0.15, 0.2) is 0 Å². The van der Waals surface area contributed by atoms with Gasteiger partial charge in [-0.2, -0.15) is 0 Å². The third-order valence-electron chi connectivity index (χ3n) is 3.98. The molecular weight excluding hydrogens is 236 g/mol. The number of rotatable bonds is 6. The van der Waals surface area contributed by atoms with Gasteiger partial charge in [-0.15, -0.1) is 0 Å². The summed E-state index contributed by atoms with van der Waals surface area (Å²) in [5.41, 5.74) is 1.27. The maximum Gasteiger partial charge on any atom is 0.0777 e. The number of hydrogen-bond acceptors (Lipinski definition) is 3. The van der Waals surface area contributed by atoms with Gasteiger partial charge in [0.05, 0.1) is 5.60 Å². The molecule has 1 saturated heterocycles. The number of ether oxygens (including phenoxy) is 1. The molecule has 106 valence electrons. The molecule has 1 unspecified atom stereocenters. The summed E-state index contributed by atoms with van der Waals surface area (Å²) in [4.78, 5) is 2.53. The number of benzene rings is 1. The summed E-state index contributed by atoms with van der Waals surface area (Å²) in [6, 6.07) is 10.4. The van der Waals surface area contributed by atoms with Crippen LogP contribution in [0.5, 0.6) is 0 Å². The molecule has 1 N–H and O–H groups in total. The number of anilines is 1. The Bertz CT molecular complexity index is 368. The Balaban J connectivity index is 1.66. The fraction of sp³-hybridized carbons (Fsp3) is 0.625. The van der Waals surface area contributed by atoms with E-state index >= 15 is 0 Å². The van der Waals surface area contributed by atoms with Crippen molar-refractivity contribution in [2.24, 2.45) is 0 Å². The third-order valence-corrected chi connectivity index (χ3v) is 3.98. The Hall–Kier alpha value is -1.06. The van der Waals surface area contributed by atoms with Crippen LogP contribution in [0.3, 0.4) is 0 Å². The lowest BCUT2D eigenvalue weighted by Crippen LogP contribution is -2.47. The summed E-state index contributed by atoms with van der Waals surface area (Å²) in [6.45, 7) is 6.68. The van der Waals surface area contributed by atoms with Crippen LogP contribution in [-0.4, -0.2) is 43.8 Å². The number of nitrogens with one attached hydrogen (secondary N) is 1. The lowest BCUT2D eigenvalue weighted by Gasteiger charge is -2.39. The van der Waals surface area contributed by atoms with Crippen LogP contribution >= 0.6 is 0 Å². The smallest absolute Gasteiger partial charge is 0.0777 e. The molecule has 1 aromatic rings. The molecule has 1 aromatic carbocycles. The highest BCUT2D eigenvalue weighted by Crippen LogP contribution is 2.23. The van der Waals surface area contributed by atoms with Crippen LogP contribution in [0.15, 0.2) is 30.3 Å². The summed E-state index contributed by atoms with van der Waals surface area (Å²) < 4.78 is 5.63. The van der Waals surface area contributed by atoms with Crippen LogP contribution in [0.4, 0.5) is 5.69 Å². The molecule has 0 aromatic heterocycles. The minimum Gasteiger partial charge on any atom is -0.385 e. The zero-order chi connectivity index (χ0) is 13.6. The van der Waals surface area contributed by atoms with Gasteiger partial charge < -0.3 is 15.0 Å². The van der Waals surface area contributed by atoms with Crippen molar-refractivity contribution in [1.82, 2.24) is 4.90 Å². The van der Waals surface area contributed by atoms with Gasteiger partial charge in [0.1, 0.15) is 0 Å². The van der Waals surface area contributed by atoms with Crippen molar-refractivity contribution in [2.75, 3.05) is 38.6 Å². The van der Waals surface area contributed by atoms with Crippen LogP contribution in [0.2, 0.25) is 0 Å². The van der Waals surface area contributed by atoms with E-state index in [1.807, 2.05) is 13.2 Å². The highest BCUT2D eigenvalue weighted by molar-refractivity contribution is 5.42. The number of piperidine rings is 1.